The molecule has 4 nitrogen and oxygen atoms in total. The van der Waals surface area contributed by atoms with Crippen molar-refractivity contribution >= 4 is 17.3 Å². The van der Waals surface area contributed by atoms with Crippen LogP contribution in [0.25, 0.3) is 0 Å². The number of aromatic nitrogens is 1. The minimum Gasteiger partial charge on any atom is -0.350 e. The van der Waals surface area contributed by atoms with Crippen LogP contribution in [0.5, 0.6) is 0 Å². The van der Waals surface area contributed by atoms with E-state index >= 15 is 0 Å². The van der Waals surface area contributed by atoms with Crippen molar-refractivity contribution in [3.8, 4) is 0 Å². The number of thiazole rings is 1. The Bertz CT molecular complexity index is 666. The normalized spacial score (nSPS) is 13.0. The molecular formula is C16H21FN4S. The van der Waals surface area contributed by atoms with Crippen LogP contribution in [-0.4, -0.2) is 18.0 Å². The lowest BCUT2D eigenvalue weighted by molar-refractivity contribution is 0.607. The lowest BCUT2D eigenvalue weighted by Crippen LogP contribution is -2.38. The molecule has 0 saturated carbocycles. The van der Waals surface area contributed by atoms with Crippen molar-refractivity contribution in [2.45, 2.75) is 33.4 Å². The van der Waals surface area contributed by atoms with E-state index in [1.165, 1.54) is 0 Å². The lowest BCUT2D eigenvalue weighted by Gasteiger charge is -2.18. The Morgan fingerprint density at radius 2 is 2.18 bits per heavy atom. The van der Waals surface area contributed by atoms with Gasteiger partial charge in [-0.05, 0) is 38.0 Å². The fraction of sp³-hybridized carbons (Fsp3) is 0.375. The summed E-state index contributed by atoms with van der Waals surface area (Å²) in [6.07, 6.45) is 0. The Labute approximate surface area is 134 Å². The van der Waals surface area contributed by atoms with E-state index < -0.39 is 0 Å². The van der Waals surface area contributed by atoms with Crippen LogP contribution in [0, 0.1) is 19.7 Å². The van der Waals surface area contributed by atoms with Gasteiger partial charge in [0.2, 0.25) is 0 Å². The molecule has 0 spiro atoms. The second-order valence-corrected chi connectivity index (χ2v) is 6.13. The minimum atomic E-state index is -0.188. The van der Waals surface area contributed by atoms with Gasteiger partial charge in [-0.25, -0.2) is 9.37 Å². The van der Waals surface area contributed by atoms with E-state index in [1.807, 2.05) is 25.3 Å². The number of nitrogens with zero attached hydrogens (tertiary/aromatic N) is 2. The summed E-state index contributed by atoms with van der Waals surface area (Å²) in [6.45, 7) is 6.33. The first-order valence-corrected chi connectivity index (χ1v) is 8.02. The number of hydrogen-bond acceptors (Lipinski definition) is 3. The third-order valence-electron chi connectivity index (χ3n) is 3.35. The van der Waals surface area contributed by atoms with Crippen LogP contribution in [0.4, 0.5) is 4.39 Å². The van der Waals surface area contributed by atoms with Crippen molar-refractivity contribution in [3.63, 3.8) is 0 Å². The van der Waals surface area contributed by atoms with Crippen molar-refractivity contribution in [3.05, 3.63) is 51.2 Å². The summed E-state index contributed by atoms with van der Waals surface area (Å²) in [7, 11) is 1.71. The molecule has 22 heavy (non-hydrogen) atoms. The molecule has 1 heterocycles. The molecule has 6 heteroatoms. The highest BCUT2D eigenvalue weighted by Gasteiger charge is 2.10. The highest BCUT2D eigenvalue weighted by Crippen LogP contribution is 2.16. The predicted octanol–water partition coefficient (Wildman–Crippen LogP) is 3.33. The highest BCUT2D eigenvalue weighted by molar-refractivity contribution is 7.09. The van der Waals surface area contributed by atoms with E-state index in [0.717, 1.165) is 16.3 Å². The van der Waals surface area contributed by atoms with Crippen molar-refractivity contribution in [1.29, 1.82) is 0 Å². The first-order valence-electron chi connectivity index (χ1n) is 7.14. The molecule has 0 amide bonds. The quantitative estimate of drug-likeness (QED) is 0.671. The van der Waals surface area contributed by atoms with Gasteiger partial charge in [-0.2, -0.15) is 0 Å². The maximum Gasteiger partial charge on any atom is 0.191 e. The van der Waals surface area contributed by atoms with E-state index in [-0.39, 0.29) is 11.9 Å². The van der Waals surface area contributed by atoms with E-state index in [2.05, 4.69) is 20.6 Å². The van der Waals surface area contributed by atoms with Gasteiger partial charge in [0.25, 0.3) is 0 Å². The van der Waals surface area contributed by atoms with E-state index in [1.54, 1.807) is 37.4 Å². The topological polar surface area (TPSA) is 49.3 Å². The number of halogens is 1. The average Bonchev–Trinajstić information content (AvgIpc) is 2.91. The SMILES string of the molecule is CN=C(NCc1nc(C)cs1)NC(C)c1ccc(C)c(F)c1. The number of benzene rings is 1. The average molecular weight is 320 g/mol. The number of guanidine groups is 1. The molecule has 0 aliphatic rings. The van der Waals surface area contributed by atoms with Crippen molar-refractivity contribution in [1.82, 2.24) is 15.6 Å². The maximum atomic E-state index is 13.7. The van der Waals surface area contributed by atoms with Crippen LogP contribution >= 0.6 is 11.3 Å². The third-order valence-corrected chi connectivity index (χ3v) is 4.31. The lowest BCUT2D eigenvalue weighted by atomic mass is 10.1. The Morgan fingerprint density at radius 3 is 2.77 bits per heavy atom. The number of rotatable bonds is 4. The Balaban J connectivity index is 1.95. The summed E-state index contributed by atoms with van der Waals surface area (Å²) in [4.78, 5) is 8.59. The van der Waals surface area contributed by atoms with Crippen molar-refractivity contribution in [2.75, 3.05) is 7.05 Å². The number of aliphatic imine (C=N–C) groups is 1. The molecule has 2 rings (SSSR count). The minimum absolute atomic E-state index is 0.0423. The standard InChI is InChI=1S/C16H21FN4S/c1-10-5-6-13(7-14(10)17)12(3)21-16(18-4)19-8-15-20-11(2)9-22-15/h5-7,9,12H,8H2,1-4H3,(H2,18,19,21). The summed E-state index contributed by atoms with van der Waals surface area (Å²) >= 11 is 1.61. The molecule has 0 fully saturated rings. The van der Waals surface area contributed by atoms with Gasteiger partial charge in [0.05, 0.1) is 12.6 Å². The Kier molecular flexibility index (Phi) is 5.49. The molecule has 1 aromatic carbocycles. The molecule has 1 unspecified atom stereocenters. The molecule has 2 N–H and O–H groups in total. The van der Waals surface area contributed by atoms with Crippen molar-refractivity contribution < 1.29 is 4.39 Å². The van der Waals surface area contributed by atoms with Gasteiger partial charge in [-0.3, -0.25) is 4.99 Å². The van der Waals surface area contributed by atoms with Gasteiger partial charge in [-0.15, -0.1) is 11.3 Å². The van der Waals surface area contributed by atoms with Gasteiger partial charge < -0.3 is 10.6 Å². The van der Waals surface area contributed by atoms with Gasteiger partial charge in [0.1, 0.15) is 10.8 Å². The van der Waals surface area contributed by atoms with Crippen LogP contribution in [0.1, 0.15) is 34.8 Å². The van der Waals surface area contributed by atoms with Gasteiger partial charge in [0.15, 0.2) is 5.96 Å². The van der Waals surface area contributed by atoms with E-state index in [0.29, 0.717) is 18.1 Å². The van der Waals surface area contributed by atoms with E-state index in [4.69, 9.17) is 0 Å². The molecule has 1 aromatic heterocycles. The monoisotopic (exact) mass is 320 g/mol. The zero-order valence-corrected chi connectivity index (χ0v) is 14.1. The summed E-state index contributed by atoms with van der Waals surface area (Å²) < 4.78 is 13.7. The molecular weight excluding hydrogens is 299 g/mol. The number of nitrogens with one attached hydrogen (secondary N) is 2. The Hall–Kier alpha value is -1.95. The summed E-state index contributed by atoms with van der Waals surface area (Å²) in [6, 6.07) is 5.23. The molecule has 0 aliphatic carbocycles. The van der Waals surface area contributed by atoms with Gasteiger partial charge in [-0.1, -0.05) is 12.1 Å². The number of hydrogen-bond donors (Lipinski definition) is 2. The Morgan fingerprint density at radius 1 is 1.41 bits per heavy atom. The molecule has 1 atom stereocenters. The highest BCUT2D eigenvalue weighted by atomic mass is 32.1. The first kappa shape index (κ1) is 16.4. The molecule has 2 aromatic rings. The van der Waals surface area contributed by atoms with Crippen LogP contribution in [0.2, 0.25) is 0 Å². The van der Waals surface area contributed by atoms with Crippen LogP contribution in [-0.2, 0) is 6.54 Å². The van der Waals surface area contributed by atoms with Gasteiger partial charge >= 0.3 is 0 Å². The third kappa shape index (κ3) is 4.27. The zero-order valence-electron chi connectivity index (χ0n) is 13.3. The molecule has 0 aliphatic heterocycles. The fourth-order valence-corrected chi connectivity index (χ4v) is 2.72. The van der Waals surface area contributed by atoms with Crippen LogP contribution in [0.15, 0.2) is 28.6 Å². The zero-order chi connectivity index (χ0) is 16.1. The second kappa shape index (κ2) is 7.35. The second-order valence-electron chi connectivity index (χ2n) is 5.18. The largest absolute Gasteiger partial charge is 0.350 e. The summed E-state index contributed by atoms with van der Waals surface area (Å²) in [5, 5.41) is 9.50. The molecule has 0 bridgehead atoms. The van der Waals surface area contributed by atoms with Crippen LogP contribution < -0.4 is 10.6 Å². The molecule has 0 saturated heterocycles. The summed E-state index contributed by atoms with van der Waals surface area (Å²) in [5.41, 5.74) is 2.56. The first-order chi connectivity index (χ1) is 10.5. The van der Waals surface area contributed by atoms with Crippen LogP contribution in [0.3, 0.4) is 0 Å². The maximum absolute atomic E-state index is 13.7. The van der Waals surface area contributed by atoms with Gasteiger partial charge in [0, 0.05) is 18.1 Å². The predicted molar refractivity (Wildman–Crippen MR) is 89.7 cm³/mol. The number of aryl methyl sites for hydroxylation is 2. The van der Waals surface area contributed by atoms with Crippen molar-refractivity contribution in [2.24, 2.45) is 4.99 Å². The fourth-order valence-electron chi connectivity index (χ4n) is 2.00. The van der Waals surface area contributed by atoms with E-state index in [9.17, 15) is 4.39 Å². The molecule has 0 radical (unpaired) electrons. The summed E-state index contributed by atoms with van der Waals surface area (Å²) in [5.74, 6) is 0.480. The smallest absolute Gasteiger partial charge is 0.191 e. The molecule has 118 valence electrons.